The lowest BCUT2D eigenvalue weighted by atomic mass is 10.1. The number of carbonyl (C=O) groups excluding carboxylic acids is 2. The number of nitrogens with one attached hydrogen (secondary N) is 1. The maximum absolute atomic E-state index is 11.5. The molecular formula is C11H9Cl3N2O2. The van der Waals surface area contributed by atoms with Gasteiger partial charge in [-0.2, -0.15) is 0 Å². The molecule has 0 saturated carbocycles. The molecule has 1 aliphatic rings. The molecule has 1 heterocycles. The molecule has 1 atom stereocenters. The van der Waals surface area contributed by atoms with Gasteiger partial charge < -0.3 is 0 Å². The molecule has 1 aliphatic heterocycles. The highest BCUT2D eigenvalue weighted by molar-refractivity contribution is 6.42. The summed E-state index contributed by atoms with van der Waals surface area (Å²) >= 11 is 18.0. The van der Waals surface area contributed by atoms with E-state index in [4.69, 9.17) is 34.8 Å². The predicted octanol–water partition coefficient (Wildman–Crippen LogP) is 2.50. The van der Waals surface area contributed by atoms with Gasteiger partial charge in [0, 0.05) is 11.6 Å². The van der Waals surface area contributed by atoms with Gasteiger partial charge in [-0.15, -0.1) is 0 Å². The van der Waals surface area contributed by atoms with Crippen LogP contribution in [0.25, 0.3) is 0 Å². The fourth-order valence-electron chi connectivity index (χ4n) is 1.91. The van der Waals surface area contributed by atoms with E-state index in [9.17, 15) is 9.59 Å². The molecular weight excluding hydrogens is 298 g/mol. The van der Waals surface area contributed by atoms with Crippen LogP contribution in [0.2, 0.25) is 15.1 Å². The largest absolute Gasteiger partial charge is 0.295 e. The summed E-state index contributed by atoms with van der Waals surface area (Å²) in [5.41, 5.74) is 3.44. The number of rotatable bonds is 3. The number of halogens is 3. The molecule has 1 aromatic rings. The molecule has 96 valence electrons. The molecule has 1 saturated heterocycles. The van der Waals surface area contributed by atoms with Crippen molar-refractivity contribution in [3.63, 3.8) is 0 Å². The summed E-state index contributed by atoms with van der Waals surface area (Å²) in [7, 11) is 0. The van der Waals surface area contributed by atoms with Crippen molar-refractivity contribution in [3.8, 4) is 0 Å². The first-order valence-electron chi connectivity index (χ1n) is 5.21. The second-order valence-electron chi connectivity index (χ2n) is 3.82. The van der Waals surface area contributed by atoms with E-state index in [1.54, 1.807) is 0 Å². The maximum Gasteiger partial charge on any atom is 0.219 e. The Labute approximate surface area is 119 Å². The zero-order valence-electron chi connectivity index (χ0n) is 9.12. The van der Waals surface area contributed by atoms with Crippen LogP contribution in [0.5, 0.6) is 0 Å². The summed E-state index contributed by atoms with van der Waals surface area (Å²) in [5.74, 6) is -0.512. The molecule has 0 aliphatic carbocycles. The van der Waals surface area contributed by atoms with Gasteiger partial charge in [0.2, 0.25) is 5.78 Å². The van der Waals surface area contributed by atoms with E-state index in [1.807, 2.05) is 0 Å². The van der Waals surface area contributed by atoms with Crippen molar-refractivity contribution in [1.29, 1.82) is 0 Å². The molecule has 4 nitrogen and oxygen atoms in total. The normalized spacial score (nSPS) is 19.1. The van der Waals surface area contributed by atoms with Crippen LogP contribution in [0.3, 0.4) is 0 Å². The van der Waals surface area contributed by atoms with Gasteiger partial charge in [0.1, 0.15) is 6.04 Å². The number of hydrogen-bond donors (Lipinski definition) is 1. The second kappa shape index (κ2) is 5.45. The molecule has 0 aromatic heterocycles. The number of ketones is 1. The minimum Gasteiger partial charge on any atom is -0.295 e. The van der Waals surface area contributed by atoms with Crippen LogP contribution < -0.4 is 10.4 Å². The topological polar surface area (TPSA) is 49.4 Å². The van der Waals surface area contributed by atoms with Crippen LogP contribution in [0.1, 0.15) is 6.42 Å². The summed E-state index contributed by atoms with van der Waals surface area (Å²) in [5, 5.41) is 2.58. The molecule has 0 bridgehead atoms. The third kappa shape index (κ3) is 2.47. The van der Waals surface area contributed by atoms with E-state index in [2.05, 4.69) is 5.43 Å². The fourth-order valence-corrected chi connectivity index (χ4v) is 2.91. The van der Waals surface area contributed by atoms with Gasteiger partial charge in [0.25, 0.3) is 0 Å². The molecule has 1 N–H and O–H groups in total. The highest BCUT2D eigenvalue weighted by atomic mass is 35.5. The highest BCUT2D eigenvalue weighted by Crippen LogP contribution is 2.38. The monoisotopic (exact) mass is 306 g/mol. The van der Waals surface area contributed by atoms with E-state index < -0.39 is 11.8 Å². The first-order valence-corrected chi connectivity index (χ1v) is 6.34. The van der Waals surface area contributed by atoms with Crippen LogP contribution in [0.4, 0.5) is 5.69 Å². The molecule has 2 rings (SSSR count). The lowest BCUT2D eigenvalue weighted by Gasteiger charge is -2.26. The van der Waals surface area contributed by atoms with Gasteiger partial charge in [-0.25, -0.2) is 5.43 Å². The molecule has 1 unspecified atom stereocenters. The first-order chi connectivity index (χ1) is 8.54. The zero-order chi connectivity index (χ0) is 13.3. The van der Waals surface area contributed by atoms with Gasteiger partial charge in [0.05, 0.1) is 15.7 Å². The average molecular weight is 308 g/mol. The second-order valence-corrected chi connectivity index (χ2v) is 5.07. The average Bonchev–Trinajstić information content (AvgIpc) is 2.75. The SMILES string of the molecule is O=CC(=O)C1CCNN1c1c(Cl)cc(Cl)cc1Cl. The number of hydrogen-bond acceptors (Lipinski definition) is 4. The first kappa shape index (κ1) is 13.6. The predicted molar refractivity (Wildman–Crippen MR) is 71.4 cm³/mol. The van der Waals surface area contributed by atoms with Crippen molar-refractivity contribution >= 4 is 52.6 Å². The quantitative estimate of drug-likeness (QED) is 0.688. The Hall–Kier alpha value is -0.810. The van der Waals surface area contributed by atoms with E-state index in [1.165, 1.54) is 17.1 Å². The van der Waals surface area contributed by atoms with Gasteiger partial charge in [-0.3, -0.25) is 14.6 Å². The Morgan fingerprint density at radius 2 is 1.94 bits per heavy atom. The van der Waals surface area contributed by atoms with Crippen LogP contribution in [-0.4, -0.2) is 24.7 Å². The highest BCUT2D eigenvalue weighted by Gasteiger charge is 2.33. The Bertz CT molecular complexity index is 484. The van der Waals surface area contributed by atoms with Gasteiger partial charge >= 0.3 is 0 Å². The lowest BCUT2D eigenvalue weighted by molar-refractivity contribution is -0.130. The number of Topliss-reactive ketones (excluding diaryl/α,β-unsaturated/α-hetero) is 1. The third-order valence-corrected chi connectivity index (χ3v) is 3.47. The van der Waals surface area contributed by atoms with Crippen LogP contribution in [0.15, 0.2) is 12.1 Å². The summed E-state index contributed by atoms with van der Waals surface area (Å²) < 4.78 is 0. The minimum absolute atomic E-state index is 0.308. The van der Waals surface area contributed by atoms with E-state index in [-0.39, 0.29) is 0 Å². The number of nitrogens with zero attached hydrogens (tertiary/aromatic N) is 1. The summed E-state index contributed by atoms with van der Waals surface area (Å²) in [6, 6.07) is 2.48. The molecule has 0 radical (unpaired) electrons. The Balaban J connectivity index is 2.42. The van der Waals surface area contributed by atoms with E-state index >= 15 is 0 Å². The Kier molecular flexibility index (Phi) is 4.12. The number of aldehydes is 1. The lowest BCUT2D eigenvalue weighted by Crippen LogP contribution is -2.42. The van der Waals surface area contributed by atoms with Gasteiger partial charge in [-0.05, 0) is 18.6 Å². The van der Waals surface area contributed by atoms with Gasteiger partial charge in [-0.1, -0.05) is 34.8 Å². The van der Waals surface area contributed by atoms with Crippen LogP contribution in [0, 0.1) is 0 Å². The summed E-state index contributed by atoms with van der Waals surface area (Å²) in [6.45, 7) is 0.569. The van der Waals surface area contributed by atoms with Gasteiger partial charge in [0.15, 0.2) is 6.29 Å². The standard InChI is InChI=1S/C11H9Cl3N2O2/c12-6-3-7(13)11(8(14)4-6)16-9(1-2-15-16)10(18)5-17/h3-5,9,15H,1-2H2. The maximum atomic E-state index is 11.5. The fraction of sp³-hybridized carbons (Fsp3) is 0.273. The van der Waals surface area contributed by atoms with E-state index in [0.29, 0.717) is 40.0 Å². The summed E-state index contributed by atoms with van der Waals surface area (Å²) in [4.78, 5) is 22.1. The number of anilines is 1. The van der Waals surface area contributed by atoms with Crippen LogP contribution in [-0.2, 0) is 9.59 Å². The van der Waals surface area contributed by atoms with Crippen molar-refractivity contribution in [1.82, 2.24) is 5.43 Å². The number of hydrazine groups is 1. The Morgan fingerprint density at radius 1 is 1.33 bits per heavy atom. The Morgan fingerprint density at radius 3 is 2.50 bits per heavy atom. The smallest absolute Gasteiger partial charge is 0.219 e. The van der Waals surface area contributed by atoms with Crippen molar-refractivity contribution in [3.05, 3.63) is 27.2 Å². The minimum atomic E-state index is -0.585. The van der Waals surface area contributed by atoms with Crippen molar-refractivity contribution < 1.29 is 9.59 Å². The molecule has 18 heavy (non-hydrogen) atoms. The van der Waals surface area contributed by atoms with E-state index in [0.717, 1.165) is 0 Å². The molecule has 1 aromatic carbocycles. The molecule has 0 amide bonds. The zero-order valence-corrected chi connectivity index (χ0v) is 11.4. The van der Waals surface area contributed by atoms with Crippen LogP contribution >= 0.6 is 34.8 Å². The molecule has 7 heteroatoms. The van der Waals surface area contributed by atoms with Crippen molar-refractivity contribution in [2.24, 2.45) is 0 Å². The van der Waals surface area contributed by atoms with Crippen molar-refractivity contribution in [2.75, 3.05) is 11.6 Å². The van der Waals surface area contributed by atoms with Crippen molar-refractivity contribution in [2.45, 2.75) is 12.5 Å². The molecule has 0 spiro atoms. The summed E-state index contributed by atoms with van der Waals surface area (Å²) in [6.07, 6.45) is 0.829. The third-order valence-electron chi connectivity index (χ3n) is 2.68. The molecule has 1 fully saturated rings. The number of carbonyl (C=O) groups is 2. The number of benzene rings is 1.